The number of hydrogen-bond acceptors (Lipinski definition) is 2. The first kappa shape index (κ1) is 15.6. The molecule has 0 radical (unpaired) electrons. The van der Waals surface area contributed by atoms with Crippen LogP contribution in [0.4, 0.5) is 4.79 Å². The van der Waals surface area contributed by atoms with Crippen molar-refractivity contribution in [2.24, 2.45) is 0 Å². The van der Waals surface area contributed by atoms with Crippen LogP contribution in [-0.2, 0) is 11.2 Å². The molecule has 20 heavy (non-hydrogen) atoms. The maximum Gasteiger partial charge on any atom is 0.323 e. The Balaban J connectivity index is 2.56. The number of hydrogen-bond donors (Lipinski definition) is 1. The zero-order chi connectivity index (χ0) is 15.0. The Morgan fingerprint density at radius 1 is 1.30 bits per heavy atom. The minimum atomic E-state index is -1.08. The number of nitrogens with zero attached hydrogens (tertiary/aromatic N) is 2. The van der Waals surface area contributed by atoms with Crippen molar-refractivity contribution < 1.29 is 14.7 Å². The molecule has 2 amide bonds. The van der Waals surface area contributed by atoms with Crippen LogP contribution >= 0.6 is 0 Å². The molecule has 0 unspecified atom stereocenters. The van der Waals surface area contributed by atoms with Crippen LogP contribution < -0.4 is 0 Å². The van der Waals surface area contributed by atoms with E-state index in [1.807, 2.05) is 30.3 Å². The predicted molar refractivity (Wildman–Crippen MR) is 76.2 cm³/mol. The average molecular weight is 274 g/mol. The molecule has 1 aromatic carbocycles. The highest BCUT2D eigenvalue weighted by Crippen LogP contribution is 2.03. The molecule has 0 aliphatic carbocycles. The summed E-state index contributed by atoms with van der Waals surface area (Å²) in [5, 5.41) is 8.77. The second-order valence-corrected chi connectivity index (χ2v) is 4.39. The van der Waals surface area contributed by atoms with Crippen LogP contribution in [0.2, 0.25) is 0 Å². The number of carbonyl (C=O) groups excluding carboxylic acids is 1. The van der Waals surface area contributed by atoms with Gasteiger partial charge in [-0.25, -0.2) is 4.79 Å². The van der Waals surface area contributed by atoms with Crippen LogP contribution in [0.5, 0.6) is 0 Å². The number of rotatable bonds is 6. The van der Waals surface area contributed by atoms with E-state index in [1.54, 1.807) is 7.05 Å². The van der Waals surface area contributed by atoms with Crippen LogP contribution in [0.25, 0.3) is 0 Å². The maximum atomic E-state index is 12.1. The van der Waals surface area contributed by atoms with Gasteiger partial charge in [-0.15, -0.1) is 6.42 Å². The lowest BCUT2D eigenvalue weighted by atomic mass is 10.1. The summed E-state index contributed by atoms with van der Waals surface area (Å²) in [6, 6.07) is 9.39. The number of carboxylic acids is 1. The summed E-state index contributed by atoms with van der Waals surface area (Å²) in [6.07, 6.45) is 5.86. The highest BCUT2D eigenvalue weighted by atomic mass is 16.4. The summed E-state index contributed by atoms with van der Waals surface area (Å²) in [5.41, 5.74) is 1.12. The van der Waals surface area contributed by atoms with Crippen LogP contribution in [0.15, 0.2) is 30.3 Å². The van der Waals surface area contributed by atoms with Crippen molar-refractivity contribution in [3.63, 3.8) is 0 Å². The van der Waals surface area contributed by atoms with E-state index in [0.717, 1.165) is 10.5 Å². The number of aliphatic carboxylic acids is 1. The van der Waals surface area contributed by atoms with Gasteiger partial charge < -0.3 is 14.9 Å². The van der Waals surface area contributed by atoms with Crippen molar-refractivity contribution in [1.82, 2.24) is 9.80 Å². The summed E-state index contributed by atoms with van der Waals surface area (Å²) in [6.45, 7) is 0.100. The predicted octanol–water partition coefficient (Wildman–Crippen LogP) is 1.30. The Labute approximate surface area is 118 Å². The van der Waals surface area contributed by atoms with Gasteiger partial charge in [0, 0.05) is 13.6 Å². The molecule has 0 bridgehead atoms. The summed E-state index contributed by atoms with van der Waals surface area (Å²) >= 11 is 0. The highest BCUT2D eigenvalue weighted by molar-refractivity contribution is 5.80. The van der Waals surface area contributed by atoms with Gasteiger partial charge in [-0.2, -0.15) is 0 Å². The number of benzene rings is 1. The molecule has 0 saturated heterocycles. The first-order chi connectivity index (χ1) is 9.54. The summed E-state index contributed by atoms with van der Waals surface area (Å²) < 4.78 is 0. The average Bonchev–Trinajstić information content (AvgIpc) is 2.44. The van der Waals surface area contributed by atoms with Gasteiger partial charge in [-0.3, -0.25) is 4.79 Å². The van der Waals surface area contributed by atoms with E-state index < -0.39 is 12.5 Å². The topological polar surface area (TPSA) is 60.9 Å². The molecule has 0 aromatic heterocycles. The third-order valence-electron chi connectivity index (χ3n) is 2.78. The van der Waals surface area contributed by atoms with Crippen molar-refractivity contribution in [2.45, 2.75) is 6.42 Å². The van der Waals surface area contributed by atoms with Crippen molar-refractivity contribution in [3.8, 4) is 12.3 Å². The Bertz CT molecular complexity index is 494. The van der Waals surface area contributed by atoms with E-state index in [9.17, 15) is 9.59 Å². The maximum absolute atomic E-state index is 12.1. The van der Waals surface area contributed by atoms with Gasteiger partial charge in [0.15, 0.2) is 0 Å². The number of likely N-dealkylation sites (N-methyl/N-ethyl adjacent to an activating group) is 1. The second kappa shape index (κ2) is 7.85. The molecule has 1 aromatic rings. The van der Waals surface area contributed by atoms with E-state index in [4.69, 9.17) is 11.5 Å². The van der Waals surface area contributed by atoms with Gasteiger partial charge in [0.1, 0.15) is 6.54 Å². The minimum Gasteiger partial charge on any atom is -0.480 e. The number of carbonyl (C=O) groups is 2. The van der Waals surface area contributed by atoms with Gasteiger partial charge >= 0.3 is 12.0 Å². The molecule has 1 rings (SSSR count). The van der Waals surface area contributed by atoms with Gasteiger partial charge in [-0.1, -0.05) is 36.3 Å². The van der Waals surface area contributed by atoms with E-state index in [1.165, 1.54) is 4.90 Å². The van der Waals surface area contributed by atoms with E-state index in [0.29, 0.717) is 13.0 Å². The summed E-state index contributed by atoms with van der Waals surface area (Å²) in [4.78, 5) is 25.4. The molecule has 0 fully saturated rings. The van der Waals surface area contributed by atoms with Gasteiger partial charge in [0.05, 0.1) is 6.54 Å². The fraction of sp³-hybridized carbons (Fsp3) is 0.333. The lowest BCUT2D eigenvalue weighted by molar-refractivity contribution is -0.137. The lowest BCUT2D eigenvalue weighted by Gasteiger charge is -2.25. The molecule has 0 spiro atoms. The van der Waals surface area contributed by atoms with E-state index in [-0.39, 0.29) is 12.6 Å². The lowest BCUT2D eigenvalue weighted by Crippen LogP contribution is -2.44. The zero-order valence-corrected chi connectivity index (χ0v) is 11.5. The smallest absolute Gasteiger partial charge is 0.323 e. The van der Waals surface area contributed by atoms with Crippen molar-refractivity contribution in [2.75, 3.05) is 26.7 Å². The number of carboxylic acid groups (broad SMARTS) is 1. The van der Waals surface area contributed by atoms with Crippen LogP contribution in [0, 0.1) is 12.3 Å². The molecule has 106 valence electrons. The second-order valence-electron chi connectivity index (χ2n) is 4.39. The first-order valence-corrected chi connectivity index (χ1v) is 6.23. The molecule has 5 nitrogen and oxygen atoms in total. The zero-order valence-electron chi connectivity index (χ0n) is 11.5. The SMILES string of the molecule is C#CCN(CC(=O)O)C(=O)N(C)CCc1ccccc1. The summed E-state index contributed by atoms with van der Waals surface area (Å²) in [7, 11) is 1.64. The number of terminal acetylenes is 1. The fourth-order valence-corrected chi connectivity index (χ4v) is 1.74. The normalized spacial score (nSPS) is 9.60. The molecule has 1 N–H and O–H groups in total. The van der Waals surface area contributed by atoms with Crippen molar-refractivity contribution in [1.29, 1.82) is 0 Å². The Hall–Kier alpha value is -2.48. The monoisotopic (exact) mass is 274 g/mol. The minimum absolute atomic E-state index is 0.0131. The molecule has 0 aliphatic heterocycles. The van der Waals surface area contributed by atoms with Gasteiger partial charge in [-0.05, 0) is 12.0 Å². The Morgan fingerprint density at radius 2 is 1.95 bits per heavy atom. The van der Waals surface area contributed by atoms with Gasteiger partial charge in [0.25, 0.3) is 0 Å². The molecular formula is C15H18N2O3. The van der Waals surface area contributed by atoms with Crippen molar-refractivity contribution >= 4 is 12.0 Å². The molecular weight excluding hydrogens is 256 g/mol. The third-order valence-corrected chi connectivity index (χ3v) is 2.78. The Kier molecular flexibility index (Phi) is 6.11. The van der Waals surface area contributed by atoms with E-state index in [2.05, 4.69) is 5.92 Å². The highest BCUT2D eigenvalue weighted by Gasteiger charge is 2.19. The summed E-state index contributed by atoms with van der Waals surface area (Å²) in [5.74, 6) is 1.22. The van der Waals surface area contributed by atoms with Crippen molar-refractivity contribution in [3.05, 3.63) is 35.9 Å². The number of amides is 2. The van der Waals surface area contributed by atoms with Gasteiger partial charge in [0.2, 0.25) is 0 Å². The molecule has 0 heterocycles. The third kappa shape index (κ3) is 5.02. The molecule has 0 atom stereocenters. The first-order valence-electron chi connectivity index (χ1n) is 6.23. The quantitative estimate of drug-likeness (QED) is 0.795. The largest absolute Gasteiger partial charge is 0.480 e. The molecule has 0 saturated carbocycles. The van der Waals surface area contributed by atoms with Crippen LogP contribution in [0.3, 0.4) is 0 Å². The molecule has 5 heteroatoms. The Morgan fingerprint density at radius 3 is 2.50 bits per heavy atom. The van der Waals surface area contributed by atoms with E-state index >= 15 is 0 Å². The molecule has 0 aliphatic rings. The van der Waals surface area contributed by atoms with Crippen LogP contribution in [0.1, 0.15) is 5.56 Å². The number of urea groups is 1. The standard InChI is InChI=1S/C15H18N2O3/c1-3-10-17(12-14(18)19)15(20)16(2)11-9-13-7-5-4-6-8-13/h1,4-8H,9-12H2,2H3,(H,18,19). The fourth-order valence-electron chi connectivity index (χ4n) is 1.74. The van der Waals surface area contributed by atoms with Crippen LogP contribution in [-0.4, -0.2) is 53.6 Å².